The Hall–Kier alpha value is -5.08. The van der Waals surface area contributed by atoms with Crippen LogP contribution in [0, 0.1) is 0 Å². The van der Waals surface area contributed by atoms with E-state index in [4.69, 9.17) is 9.15 Å². The van der Waals surface area contributed by atoms with Gasteiger partial charge in [-0.05, 0) is 63.2 Å². The van der Waals surface area contributed by atoms with Gasteiger partial charge >= 0.3 is 0 Å². The predicted octanol–water partition coefficient (Wildman–Crippen LogP) is 10.1. The Bertz CT molecular complexity index is 2030. The van der Waals surface area contributed by atoms with E-state index in [9.17, 15) is 0 Å². The fraction of sp³-hybridized carbons (Fsp3) is 0.0270. The molecule has 0 saturated heterocycles. The fourth-order valence-electron chi connectivity index (χ4n) is 5.94. The number of hydrogen-bond donors (Lipinski definition) is 0. The average Bonchev–Trinajstić information content (AvgIpc) is 3.40. The Morgan fingerprint density at radius 2 is 1.08 bits per heavy atom. The van der Waals surface area contributed by atoms with Gasteiger partial charge in [-0.3, -0.25) is 0 Å². The molecule has 0 unspecified atom stereocenters. The van der Waals surface area contributed by atoms with Crippen molar-refractivity contribution in [2.24, 2.45) is 0 Å². The number of fused-ring (bicyclic) bond motifs is 6. The quantitative estimate of drug-likeness (QED) is 0.241. The zero-order chi connectivity index (χ0) is 25.8. The van der Waals surface area contributed by atoms with Gasteiger partial charge in [0, 0.05) is 21.9 Å². The van der Waals surface area contributed by atoms with Crippen LogP contribution in [0.25, 0.3) is 66.4 Å². The molecule has 184 valence electrons. The van der Waals surface area contributed by atoms with Crippen LogP contribution in [0.5, 0.6) is 5.75 Å². The first kappa shape index (κ1) is 22.0. The smallest absolute Gasteiger partial charge is 0.143 e. The Morgan fingerprint density at radius 1 is 0.462 bits per heavy atom. The summed E-state index contributed by atoms with van der Waals surface area (Å²) >= 11 is 0. The van der Waals surface area contributed by atoms with E-state index in [1.165, 1.54) is 33.4 Å². The van der Waals surface area contributed by atoms with Crippen molar-refractivity contribution in [1.29, 1.82) is 0 Å². The Kier molecular flexibility index (Phi) is 4.92. The third-order valence-electron chi connectivity index (χ3n) is 7.78. The molecule has 0 atom stereocenters. The summed E-state index contributed by atoms with van der Waals surface area (Å²) in [5.74, 6) is 0.945. The summed E-state index contributed by atoms with van der Waals surface area (Å²) in [5, 5.41) is 2.30. The summed E-state index contributed by atoms with van der Waals surface area (Å²) in [5.41, 5.74) is 12.5. The first-order chi connectivity index (χ1) is 19.3. The summed E-state index contributed by atoms with van der Waals surface area (Å²) < 4.78 is 12.4. The van der Waals surface area contributed by atoms with E-state index < -0.39 is 0 Å². The fourth-order valence-corrected chi connectivity index (χ4v) is 5.94. The summed E-state index contributed by atoms with van der Waals surface area (Å²) in [7, 11) is 0. The first-order valence-electron chi connectivity index (χ1n) is 13.3. The van der Waals surface area contributed by atoms with Gasteiger partial charge in [0.15, 0.2) is 0 Å². The molecule has 2 heterocycles. The molecular formula is C37H24O2. The number of benzene rings is 6. The van der Waals surface area contributed by atoms with Gasteiger partial charge in [0.1, 0.15) is 23.5 Å². The van der Waals surface area contributed by atoms with Crippen molar-refractivity contribution >= 4 is 21.9 Å². The van der Waals surface area contributed by atoms with Crippen LogP contribution in [0.15, 0.2) is 138 Å². The van der Waals surface area contributed by atoms with Gasteiger partial charge in [-0.2, -0.15) is 0 Å². The van der Waals surface area contributed by atoms with E-state index in [1.807, 2.05) is 18.2 Å². The van der Waals surface area contributed by atoms with Crippen LogP contribution in [-0.2, 0) is 6.61 Å². The number of furan rings is 1. The van der Waals surface area contributed by atoms with Crippen molar-refractivity contribution in [3.63, 3.8) is 0 Å². The summed E-state index contributed by atoms with van der Waals surface area (Å²) in [4.78, 5) is 0. The van der Waals surface area contributed by atoms with Gasteiger partial charge in [-0.1, -0.05) is 109 Å². The second-order valence-electron chi connectivity index (χ2n) is 10.1. The number of ether oxygens (including phenoxy) is 1. The van der Waals surface area contributed by atoms with Crippen LogP contribution in [0.1, 0.15) is 5.56 Å². The highest BCUT2D eigenvalue weighted by molar-refractivity contribution is 6.09. The van der Waals surface area contributed by atoms with E-state index >= 15 is 0 Å². The summed E-state index contributed by atoms with van der Waals surface area (Å²) in [6, 6.07) is 47.1. The molecule has 39 heavy (non-hydrogen) atoms. The highest BCUT2D eigenvalue weighted by Crippen LogP contribution is 2.44. The minimum Gasteiger partial charge on any atom is -0.488 e. The van der Waals surface area contributed by atoms with Gasteiger partial charge in [-0.25, -0.2) is 0 Å². The standard InChI is InChI=1S/C37H24O2/c1-4-20-35-31(14-1)32-18-8-17-30(37(32)39-35)27-12-6-10-25(22-27)24-9-5-11-26(21-24)29-16-7-13-28-23-38-34-19-3-2-15-33(34)36(28)29/h1-22H,23H2. The molecule has 0 spiro atoms. The summed E-state index contributed by atoms with van der Waals surface area (Å²) in [6.07, 6.45) is 0. The number of rotatable bonds is 3. The molecule has 1 aliphatic rings. The lowest BCUT2D eigenvalue weighted by Crippen LogP contribution is -2.06. The molecule has 0 N–H and O–H groups in total. The Labute approximate surface area is 226 Å². The molecule has 6 aromatic carbocycles. The number of para-hydroxylation sites is 3. The van der Waals surface area contributed by atoms with Gasteiger partial charge in [0.05, 0.1) is 0 Å². The maximum absolute atomic E-state index is 6.33. The lowest BCUT2D eigenvalue weighted by atomic mass is 9.88. The topological polar surface area (TPSA) is 22.4 Å². The van der Waals surface area contributed by atoms with Gasteiger partial charge in [-0.15, -0.1) is 0 Å². The van der Waals surface area contributed by atoms with Gasteiger partial charge < -0.3 is 9.15 Å². The van der Waals surface area contributed by atoms with E-state index in [1.54, 1.807) is 0 Å². The second-order valence-corrected chi connectivity index (χ2v) is 10.1. The SMILES string of the molecule is c1cc(-c2cccc(-c3cccc4c3oc3ccccc34)c2)cc(-c2cccc3c2-c2ccccc2OC3)c1. The van der Waals surface area contributed by atoms with Crippen molar-refractivity contribution in [3.8, 4) is 50.3 Å². The minimum atomic E-state index is 0.593. The van der Waals surface area contributed by atoms with E-state index in [2.05, 4.69) is 115 Å². The van der Waals surface area contributed by atoms with Crippen LogP contribution in [0.4, 0.5) is 0 Å². The van der Waals surface area contributed by atoms with Crippen LogP contribution in [0.2, 0.25) is 0 Å². The average molecular weight is 501 g/mol. The molecule has 0 aliphatic carbocycles. The zero-order valence-electron chi connectivity index (χ0n) is 21.2. The van der Waals surface area contributed by atoms with Crippen molar-refractivity contribution < 1.29 is 9.15 Å². The molecule has 2 nitrogen and oxygen atoms in total. The molecule has 0 bridgehead atoms. The lowest BCUT2D eigenvalue weighted by Gasteiger charge is -2.23. The third kappa shape index (κ3) is 3.57. The van der Waals surface area contributed by atoms with Crippen LogP contribution < -0.4 is 4.74 Å². The zero-order valence-corrected chi connectivity index (χ0v) is 21.2. The van der Waals surface area contributed by atoms with Crippen molar-refractivity contribution in [2.75, 3.05) is 0 Å². The third-order valence-corrected chi connectivity index (χ3v) is 7.78. The molecule has 1 aromatic heterocycles. The Morgan fingerprint density at radius 3 is 1.95 bits per heavy atom. The second kappa shape index (κ2) is 8.75. The van der Waals surface area contributed by atoms with Crippen molar-refractivity contribution in [1.82, 2.24) is 0 Å². The van der Waals surface area contributed by atoms with Crippen molar-refractivity contribution in [3.05, 3.63) is 139 Å². The molecule has 0 saturated carbocycles. The molecule has 7 aromatic rings. The molecular weight excluding hydrogens is 476 g/mol. The summed E-state index contributed by atoms with van der Waals surface area (Å²) in [6.45, 7) is 0.593. The highest BCUT2D eigenvalue weighted by Gasteiger charge is 2.21. The maximum atomic E-state index is 6.33. The van der Waals surface area contributed by atoms with Crippen LogP contribution in [-0.4, -0.2) is 0 Å². The van der Waals surface area contributed by atoms with Crippen LogP contribution in [0.3, 0.4) is 0 Å². The van der Waals surface area contributed by atoms with Crippen molar-refractivity contribution in [2.45, 2.75) is 6.61 Å². The predicted molar refractivity (Wildman–Crippen MR) is 160 cm³/mol. The highest BCUT2D eigenvalue weighted by atomic mass is 16.5. The molecule has 0 radical (unpaired) electrons. The van der Waals surface area contributed by atoms with Gasteiger partial charge in [0.2, 0.25) is 0 Å². The maximum Gasteiger partial charge on any atom is 0.143 e. The minimum absolute atomic E-state index is 0.593. The normalized spacial score (nSPS) is 12.2. The van der Waals surface area contributed by atoms with E-state index in [0.29, 0.717) is 6.61 Å². The molecule has 0 amide bonds. The molecule has 2 heteroatoms. The Balaban J connectivity index is 1.24. The molecule has 0 fully saturated rings. The molecule has 8 rings (SSSR count). The van der Waals surface area contributed by atoms with Gasteiger partial charge in [0.25, 0.3) is 0 Å². The molecule has 1 aliphatic heterocycles. The lowest BCUT2D eigenvalue weighted by molar-refractivity contribution is 0.302. The largest absolute Gasteiger partial charge is 0.488 e. The number of hydrogen-bond acceptors (Lipinski definition) is 2. The van der Waals surface area contributed by atoms with E-state index in [0.717, 1.165) is 44.4 Å². The monoisotopic (exact) mass is 500 g/mol. The van der Waals surface area contributed by atoms with Crippen LogP contribution >= 0.6 is 0 Å². The van der Waals surface area contributed by atoms with E-state index in [-0.39, 0.29) is 0 Å². The first-order valence-corrected chi connectivity index (χ1v) is 13.3.